The predicted molar refractivity (Wildman–Crippen MR) is 64.1 cm³/mol. The molecule has 0 spiro atoms. The molecule has 0 aliphatic carbocycles. The van der Waals surface area contributed by atoms with E-state index in [0.29, 0.717) is 17.1 Å². The molecule has 1 aromatic rings. The lowest BCUT2D eigenvalue weighted by Crippen LogP contribution is -2.14. The van der Waals surface area contributed by atoms with Crippen LogP contribution in [0, 0.1) is 0 Å². The Morgan fingerprint density at radius 1 is 1.41 bits per heavy atom. The van der Waals surface area contributed by atoms with Crippen LogP contribution in [0.4, 0.5) is 0 Å². The third-order valence-corrected chi connectivity index (χ3v) is 1.88. The minimum Gasteiger partial charge on any atom is -0.487 e. The molecule has 0 saturated heterocycles. The molecule has 1 unspecified atom stereocenters. The van der Waals surface area contributed by atoms with Gasteiger partial charge in [-0.2, -0.15) is 0 Å². The highest BCUT2D eigenvalue weighted by molar-refractivity contribution is 5.89. The van der Waals surface area contributed by atoms with Crippen LogP contribution in [0.1, 0.15) is 13.8 Å². The number of hydrogen-bond donors (Lipinski definition) is 1. The molecule has 0 aliphatic heterocycles. The maximum absolute atomic E-state index is 11.4. The van der Waals surface area contributed by atoms with Crippen LogP contribution in [0.25, 0.3) is 0 Å². The lowest BCUT2D eigenvalue weighted by atomic mass is 10.3. The number of aliphatic hydroxyl groups excluding tert-OH is 1. The average molecular weight is 236 g/mol. The fraction of sp³-hybridized carbons (Fsp3) is 0.308. The molecule has 1 rings (SSSR count). The second-order valence-electron chi connectivity index (χ2n) is 3.78. The minimum atomic E-state index is -0.583. The summed E-state index contributed by atoms with van der Waals surface area (Å²) in [4.78, 5) is 11.4. The third-order valence-electron chi connectivity index (χ3n) is 1.88. The molecule has 4 heteroatoms. The van der Waals surface area contributed by atoms with Crippen molar-refractivity contribution in [1.29, 1.82) is 0 Å². The molecule has 1 atom stereocenters. The second kappa shape index (κ2) is 6.06. The molecule has 0 amide bonds. The van der Waals surface area contributed by atoms with Crippen LogP contribution in [0.3, 0.4) is 0 Å². The van der Waals surface area contributed by atoms with E-state index in [1.54, 1.807) is 38.1 Å². The van der Waals surface area contributed by atoms with E-state index in [1.807, 2.05) is 0 Å². The first-order valence-corrected chi connectivity index (χ1v) is 5.28. The lowest BCUT2D eigenvalue weighted by molar-refractivity contribution is -0.130. The van der Waals surface area contributed by atoms with Gasteiger partial charge >= 0.3 is 5.97 Å². The van der Waals surface area contributed by atoms with Crippen LogP contribution >= 0.6 is 0 Å². The average Bonchev–Trinajstić information content (AvgIpc) is 2.27. The Balaban J connectivity index is 2.77. The van der Waals surface area contributed by atoms with Crippen LogP contribution in [0.15, 0.2) is 36.4 Å². The number of carbonyl (C=O) groups is 1. The Morgan fingerprint density at radius 3 is 2.53 bits per heavy atom. The summed E-state index contributed by atoms with van der Waals surface area (Å²) < 4.78 is 10.4. The Morgan fingerprint density at radius 2 is 2.00 bits per heavy atom. The van der Waals surface area contributed by atoms with Gasteiger partial charge in [0.15, 0.2) is 11.5 Å². The molecule has 0 aromatic heterocycles. The molecular weight excluding hydrogens is 220 g/mol. The number of aliphatic hydroxyl groups is 1. The molecule has 0 fully saturated rings. The molecular formula is C13H16O4. The first-order chi connectivity index (χ1) is 8.00. The first-order valence-electron chi connectivity index (χ1n) is 5.28. The zero-order valence-electron chi connectivity index (χ0n) is 9.97. The number of esters is 1. The fourth-order valence-electron chi connectivity index (χ4n) is 1.05. The molecule has 92 valence electrons. The quantitative estimate of drug-likeness (QED) is 0.482. The Hall–Kier alpha value is -1.81. The predicted octanol–water partition coefficient (Wildman–Crippen LogP) is 1.93. The Labute approximate surface area is 100 Å². The SMILES string of the molecule is C=C(C)C(=O)Oc1ccccc1OCC(C)O. The fourth-order valence-corrected chi connectivity index (χ4v) is 1.05. The molecule has 0 heterocycles. The van der Waals surface area contributed by atoms with Crippen molar-refractivity contribution in [2.24, 2.45) is 0 Å². The molecule has 0 radical (unpaired) electrons. The summed E-state index contributed by atoms with van der Waals surface area (Å²) >= 11 is 0. The molecule has 1 aromatic carbocycles. The van der Waals surface area contributed by atoms with Gasteiger partial charge in [-0.15, -0.1) is 0 Å². The summed E-state index contributed by atoms with van der Waals surface area (Å²) in [7, 11) is 0. The minimum absolute atomic E-state index is 0.141. The smallest absolute Gasteiger partial charge is 0.338 e. The van der Waals surface area contributed by atoms with E-state index in [1.165, 1.54) is 0 Å². The van der Waals surface area contributed by atoms with E-state index in [2.05, 4.69) is 6.58 Å². The zero-order valence-corrected chi connectivity index (χ0v) is 9.97. The van der Waals surface area contributed by atoms with Crippen molar-refractivity contribution >= 4 is 5.97 Å². The third kappa shape index (κ3) is 4.28. The Kier molecular flexibility index (Phi) is 4.72. The monoisotopic (exact) mass is 236 g/mol. The molecule has 0 aliphatic rings. The Bertz CT molecular complexity index is 410. The van der Waals surface area contributed by atoms with Gasteiger partial charge in [-0.3, -0.25) is 0 Å². The molecule has 0 saturated carbocycles. The molecule has 0 bridgehead atoms. The van der Waals surface area contributed by atoms with Crippen molar-refractivity contribution in [2.45, 2.75) is 20.0 Å². The van der Waals surface area contributed by atoms with Crippen molar-refractivity contribution in [3.8, 4) is 11.5 Å². The number of para-hydroxylation sites is 2. The van der Waals surface area contributed by atoms with E-state index >= 15 is 0 Å². The number of ether oxygens (including phenoxy) is 2. The lowest BCUT2D eigenvalue weighted by Gasteiger charge is -2.12. The van der Waals surface area contributed by atoms with Gasteiger partial charge in [0.25, 0.3) is 0 Å². The summed E-state index contributed by atoms with van der Waals surface area (Å²) in [5, 5.41) is 9.13. The number of carbonyl (C=O) groups excluding carboxylic acids is 1. The van der Waals surface area contributed by atoms with E-state index in [4.69, 9.17) is 14.6 Å². The maximum Gasteiger partial charge on any atom is 0.338 e. The molecule has 4 nitrogen and oxygen atoms in total. The number of hydrogen-bond acceptors (Lipinski definition) is 4. The van der Waals surface area contributed by atoms with Crippen LogP contribution in [0.5, 0.6) is 11.5 Å². The van der Waals surface area contributed by atoms with Crippen LogP contribution in [-0.2, 0) is 4.79 Å². The van der Waals surface area contributed by atoms with Crippen molar-refractivity contribution in [2.75, 3.05) is 6.61 Å². The van der Waals surface area contributed by atoms with Gasteiger partial charge in [0, 0.05) is 5.57 Å². The maximum atomic E-state index is 11.4. The molecule has 1 N–H and O–H groups in total. The van der Waals surface area contributed by atoms with Gasteiger partial charge in [-0.1, -0.05) is 18.7 Å². The van der Waals surface area contributed by atoms with E-state index in [0.717, 1.165) is 0 Å². The highest BCUT2D eigenvalue weighted by atomic mass is 16.6. The van der Waals surface area contributed by atoms with Gasteiger partial charge in [-0.05, 0) is 26.0 Å². The van der Waals surface area contributed by atoms with Crippen molar-refractivity contribution in [3.05, 3.63) is 36.4 Å². The van der Waals surface area contributed by atoms with Gasteiger partial charge < -0.3 is 14.6 Å². The number of benzene rings is 1. The summed E-state index contributed by atoms with van der Waals surface area (Å²) in [6.45, 7) is 6.82. The largest absolute Gasteiger partial charge is 0.487 e. The first kappa shape index (κ1) is 13.3. The van der Waals surface area contributed by atoms with Gasteiger partial charge in [0.2, 0.25) is 0 Å². The highest BCUT2D eigenvalue weighted by Gasteiger charge is 2.10. The van der Waals surface area contributed by atoms with E-state index in [-0.39, 0.29) is 6.61 Å². The van der Waals surface area contributed by atoms with Gasteiger partial charge in [-0.25, -0.2) is 4.79 Å². The van der Waals surface area contributed by atoms with Gasteiger partial charge in [0.05, 0.1) is 6.10 Å². The summed E-state index contributed by atoms with van der Waals surface area (Å²) in [6.07, 6.45) is -0.583. The normalized spacial score (nSPS) is 11.7. The van der Waals surface area contributed by atoms with E-state index in [9.17, 15) is 4.79 Å². The molecule has 17 heavy (non-hydrogen) atoms. The second-order valence-corrected chi connectivity index (χ2v) is 3.78. The van der Waals surface area contributed by atoms with Gasteiger partial charge in [0.1, 0.15) is 6.61 Å². The summed E-state index contributed by atoms with van der Waals surface area (Å²) in [5.74, 6) is 0.238. The van der Waals surface area contributed by atoms with Crippen molar-refractivity contribution in [3.63, 3.8) is 0 Å². The highest BCUT2D eigenvalue weighted by Crippen LogP contribution is 2.27. The summed E-state index contributed by atoms with van der Waals surface area (Å²) in [6, 6.07) is 6.79. The standard InChI is InChI=1S/C13H16O4/c1-9(2)13(15)17-12-7-5-4-6-11(12)16-8-10(3)14/h4-7,10,14H,1,8H2,2-3H3. The van der Waals surface area contributed by atoms with Crippen LogP contribution < -0.4 is 9.47 Å². The van der Waals surface area contributed by atoms with E-state index < -0.39 is 12.1 Å². The van der Waals surface area contributed by atoms with Crippen LogP contribution in [0.2, 0.25) is 0 Å². The zero-order chi connectivity index (χ0) is 12.8. The summed E-state index contributed by atoms with van der Waals surface area (Å²) in [5.41, 5.74) is 0.315. The van der Waals surface area contributed by atoms with Crippen LogP contribution in [-0.4, -0.2) is 23.8 Å². The number of rotatable bonds is 5. The van der Waals surface area contributed by atoms with Crippen molar-refractivity contribution in [1.82, 2.24) is 0 Å². The topological polar surface area (TPSA) is 55.8 Å². The van der Waals surface area contributed by atoms with Crippen molar-refractivity contribution < 1.29 is 19.4 Å².